The Morgan fingerprint density at radius 3 is 2.45 bits per heavy atom. The van der Waals surface area contributed by atoms with Crippen molar-refractivity contribution in [3.63, 3.8) is 0 Å². The first-order chi connectivity index (χ1) is 16.1. The highest BCUT2D eigenvalue weighted by molar-refractivity contribution is 7.99. The number of carbonyl (C=O) groups excluding carboxylic acids is 2. The van der Waals surface area contributed by atoms with E-state index in [1.54, 1.807) is 25.7 Å². The average Bonchev–Trinajstić information content (AvgIpc) is 2.87. The molecule has 33 heavy (non-hydrogen) atoms. The monoisotopic (exact) mass is 468 g/mol. The van der Waals surface area contributed by atoms with Crippen molar-refractivity contribution in [1.82, 2.24) is 0 Å². The highest BCUT2D eigenvalue weighted by Gasteiger charge is 2.29. The molecule has 1 aliphatic heterocycles. The quantitative estimate of drug-likeness (QED) is 0.449. The third-order valence-corrected chi connectivity index (χ3v) is 7.31. The zero-order valence-corrected chi connectivity index (χ0v) is 21.1. The van der Waals surface area contributed by atoms with E-state index in [-0.39, 0.29) is 5.91 Å². The Morgan fingerprint density at radius 2 is 1.73 bits per heavy atom. The molecule has 1 aliphatic carbocycles. The SMILES string of the molecule is CC.CCOC(=O)N(C)c1ccc2c(c1)N(C(=O)CCC1CCCCC1)c1ccccc1S2. The van der Waals surface area contributed by atoms with E-state index in [2.05, 4.69) is 6.07 Å². The Balaban J connectivity index is 0.00000149. The molecule has 0 saturated heterocycles. The summed E-state index contributed by atoms with van der Waals surface area (Å²) in [5.41, 5.74) is 2.47. The van der Waals surface area contributed by atoms with Gasteiger partial charge in [-0.2, -0.15) is 0 Å². The summed E-state index contributed by atoms with van der Waals surface area (Å²) >= 11 is 1.66. The van der Waals surface area contributed by atoms with Gasteiger partial charge >= 0.3 is 6.09 Å². The number of ether oxygens (including phenoxy) is 1. The predicted molar refractivity (Wildman–Crippen MR) is 137 cm³/mol. The van der Waals surface area contributed by atoms with Gasteiger partial charge in [0, 0.05) is 28.9 Å². The topological polar surface area (TPSA) is 49.9 Å². The largest absolute Gasteiger partial charge is 0.449 e. The maximum atomic E-state index is 13.5. The third kappa shape index (κ3) is 5.91. The van der Waals surface area contributed by atoms with Crippen LogP contribution in [0.3, 0.4) is 0 Å². The van der Waals surface area contributed by atoms with Crippen molar-refractivity contribution in [3.05, 3.63) is 42.5 Å². The molecule has 0 bridgehead atoms. The van der Waals surface area contributed by atoms with Gasteiger partial charge in [-0.05, 0) is 49.6 Å². The number of nitrogens with zero attached hydrogens (tertiary/aromatic N) is 2. The van der Waals surface area contributed by atoms with E-state index in [1.807, 2.05) is 55.1 Å². The predicted octanol–water partition coefficient (Wildman–Crippen LogP) is 7.80. The molecule has 2 aromatic rings. The van der Waals surface area contributed by atoms with Gasteiger partial charge in [0.25, 0.3) is 0 Å². The number of rotatable bonds is 5. The number of benzene rings is 2. The van der Waals surface area contributed by atoms with Gasteiger partial charge < -0.3 is 4.74 Å². The maximum absolute atomic E-state index is 13.5. The first-order valence-electron chi connectivity index (χ1n) is 12.2. The molecule has 178 valence electrons. The normalized spacial score (nSPS) is 15.0. The van der Waals surface area contributed by atoms with E-state index in [9.17, 15) is 9.59 Å². The summed E-state index contributed by atoms with van der Waals surface area (Å²) in [5.74, 6) is 0.781. The molecule has 2 amide bonds. The molecule has 6 heteroatoms. The second-order valence-electron chi connectivity index (χ2n) is 8.25. The molecular formula is C27H36N2O3S. The van der Waals surface area contributed by atoms with E-state index >= 15 is 0 Å². The molecule has 0 aromatic heterocycles. The molecule has 0 spiro atoms. The fourth-order valence-electron chi connectivity index (χ4n) is 4.46. The van der Waals surface area contributed by atoms with Crippen LogP contribution in [0.2, 0.25) is 0 Å². The maximum Gasteiger partial charge on any atom is 0.413 e. The lowest BCUT2D eigenvalue weighted by molar-refractivity contribution is -0.118. The Labute approximate surface area is 202 Å². The molecule has 4 rings (SSSR count). The summed E-state index contributed by atoms with van der Waals surface area (Å²) in [4.78, 5) is 31.2. The fraction of sp³-hybridized carbons (Fsp3) is 0.481. The average molecular weight is 469 g/mol. The fourth-order valence-corrected chi connectivity index (χ4v) is 5.50. The van der Waals surface area contributed by atoms with Crippen molar-refractivity contribution in [2.24, 2.45) is 5.92 Å². The van der Waals surface area contributed by atoms with Gasteiger partial charge in [0.1, 0.15) is 0 Å². The molecule has 1 heterocycles. The van der Waals surface area contributed by atoms with E-state index in [0.717, 1.165) is 27.6 Å². The van der Waals surface area contributed by atoms with Crippen molar-refractivity contribution < 1.29 is 14.3 Å². The Hall–Kier alpha value is -2.47. The number of para-hydroxylation sites is 1. The van der Waals surface area contributed by atoms with Crippen molar-refractivity contribution in [2.45, 2.75) is 75.5 Å². The van der Waals surface area contributed by atoms with E-state index in [0.29, 0.717) is 24.6 Å². The van der Waals surface area contributed by atoms with Crippen LogP contribution in [0, 0.1) is 5.92 Å². The number of carbonyl (C=O) groups is 2. The summed E-state index contributed by atoms with van der Waals surface area (Å²) in [6.07, 6.45) is 7.47. The molecule has 1 fully saturated rings. The molecule has 0 unspecified atom stereocenters. The molecule has 0 N–H and O–H groups in total. The lowest BCUT2D eigenvalue weighted by Gasteiger charge is -2.32. The molecule has 2 aliphatic rings. The lowest BCUT2D eigenvalue weighted by atomic mass is 9.86. The number of anilines is 3. The molecule has 1 saturated carbocycles. The van der Waals surface area contributed by atoms with Crippen LogP contribution < -0.4 is 9.80 Å². The number of hydrogen-bond donors (Lipinski definition) is 0. The highest BCUT2D eigenvalue weighted by Crippen LogP contribution is 2.49. The lowest BCUT2D eigenvalue weighted by Crippen LogP contribution is -2.30. The first kappa shape index (κ1) is 25.2. The summed E-state index contributed by atoms with van der Waals surface area (Å²) in [5, 5.41) is 0. The number of hydrogen-bond acceptors (Lipinski definition) is 4. The van der Waals surface area contributed by atoms with Crippen LogP contribution in [-0.4, -0.2) is 25.7 Å². The summed E-state index contributed by atoms with van der Waals surface area (Å²) < 4.78 is 5.14. The van der Waals surface area contributed by atoms with Crippen molar-refractivity contribution >= 4 is 40.8 Å². The summed E-state index contributed by atoms with van der Waals surface area (Å²) in [6.45, 7) is 6.11. The van der Waals surface area contributed by atoms with Crippen LogP contribution >= 0.6 is 11.8 Å². The van der Waals surface area contributed by atoms with Gasteiger partial charge in [-0.3, -0.25) is 14.6 Å². The van der Waals surface area contributed by atoms with Gasteiger partial charge in [-0.25, -0.2) is 4.79 Å². The zero-order chi connectivity index (χ0) is 23.8. The standard InChI is InChI=1S/C25H30N2O3S.C2H6/c1-3-30-25(29)26(2)19-14-15-23-21(17-19)27(20-11-7-8-12-22(20)31-23)24(28)16-13-18-9-5-4-6-10-18;1-2/h7-8,11-12,14-15,17-18H,3-6,9-10,13,16H2,1-2H3;1-2H3. The van der Waals surface area contributed by atoms with Gasteiger partial charge in [0.2, 0.25) is 5.91 Å². The van der Waals surface area contributed by atoms with Crippen LogP contribution in [0.4, 0.5) is 21.9 Å². The zero-order valence-electron chi connectivity index (χ0n) is 20.3. The van der Waals surface area contributed by atoms with Crippen molar-refractivity contribution in [1.29, 1.82) is 0 Å². The molecule has 5 nitrogen and oxygen atoms in total. The Morgan fingerprint density at radius 1 is 1.03 bits per heavy atom. The van der Waals surface area contributed by atoms with Crippen LogP contribution in [0.15, 0.2) is 52.3 Å². The first-order valence-corrected chi connectivity index (χ1v) is 13.0. The van der Waals surface area contributed by atoms with Crippen LogP contribution in [-0.2, 0) is 9.53 Å². The van der Waals surface area contributed by atoms with Gasteiger partial charge in [-0.15, -0.1) is 0 Å². The minimum Gasteiger partial charge on any atom is -0.449 e. The second-order valence-corrected chi connectivity index (χ2v) is 9.34. The Bertz CT molecular complexity index is 956. The summed E-state index contributed by atoms with van der Waals surface area (Å²) in [7, 11) is 1.69. The third-order valence-electron chi connectivity index (χ3n) is 6.18. The van der Waals surface area contributed by atoms with Crippen LogP contribution in [0.1, 0.15) is 65.7 Å². The Kier molecular flexibility index (Phi) is 9.24. The van der Waals surface area contributed by atoms with E-state index in [1.165, 1.54) is 37.0 Å². The van der Waals surface area contributed by atoms with Gasteiger partial charge in [-0.1, -0.05) is 69.8 Å². The van der Waals surface area contributed by atoms with Crippen LogP contribution in [0.25, 0.3) is 0 Å². The second kappa shape index (κ2) is 12.1. The molecule has 0 radical (unpaired) electrons. The minimum absolute atomic E-state index is 0.121. The number of amides is 2. The van der Waals surface area contributed by atoms with Gasteiger partial charge in [0.15, 0.2) is 0 Å². The number of fused-ring (bicyclic) bond motifs is 2. The summed E-state index contributed by atoms with van der Waals surface area (Å²) in [6, 6.07) is 13.9. The van der Waals surface area contributed by atoms with E-state index in [4.69, 9.17) is 4.74 Å². The molecule has 0 atom stereocenters. The highest BCUT2D eigenvalue weighted by atomic mass is 32.2. The van der Waals surface area contributed by atoms with Crippen LogP contribution in [0.5, 0.6) is 0 Å². The van der Waals surface area contributed by atoms with Gasteiger partial charge in [0.05, 0.1) is 18.0 Å². The minimum atomic E-state index is -0.401. The van der Waals surface area contributed by atoms with Crippen molar-refractivity contribution in [2.75, 3.05) is 23.5 Å². The molecule has 2 aromatic carbocycles. The van der Waals surface area contributed by atoms with E-state index < -0.39 is 6.09 Å². The van der Waals surface area contributed by atoms with Crippen molar-refractivity contribution in [3.8, 4) is 0 Å². The smallest absolute Gasteiger partial charge is 0.413 e. The molecular weight excluding hydrogens is 432 g/mol.